The van der Waals surface area contributed by atoms with Crippen molar-refractivity contribution in [3.63, 3.8) is 0 Å². The van der Waals surface area contributed by atoms with Crippen LogP contribution in [0.5, 0.6) is 0 Å². The molecule has 0 radical (unpaired) electrons. The Kier molecular flexibility index (Phi) is 3.76. The summed E-state index contributed by atoms with van der Waals surface area (Å²) in [6.45, 7) is 0.278. The molecule has 2 unspecified atom stereocenters. The predicted molar refractivity (Wildman–Crippen MR) is 62.8 cm³/mol. The van der Waals surface area contributed by atoms with Crippen LogP contribution in [0.4, 0.5) is 0 Å². The first-order chi connectivity index (χ1) is 8.09. The number of sulfonamides is 1. The number of pyridine rings is 1. The average molecular weight is 256 g/mol. The van der Waals surface area contributed by atoms with Crippen molar-refractivity contribution in [3.05, 3.63) is 24.4 Å². The van der Waals surface area contributed by atoms with E-state index >= 15 is 0 Å². The summed E-state index contributed by atoms with van der Waals surface area (Å²) >= 11 is 0. The van der Waals surface area contributed by atoms with Crippen molar-refractivity contribution < 1.29 is 13.5 Å². The minimum atomic E-state index is -3.54. The summed E-state index contributed by atoms with van der Waals surface area (Å²) in [6, 6.07) is 4.75. The molecule has 5 nitrogen and oxygen atoms in total. The molecule has 1 aliphatic rings. The van der Waals surface area contributed by atoms with Gasteiger partial charge in [-0.2, -0.15) is 0 Å². The molecule has 1 aliphatic carbocycles. The molecule has 2 atom stereocenters. The highest BCUT2D eigenvalue weighted by molar-refractivity contribution is 7.89. The predicted octanol–water partition coefficient (Wildman–Crippen LogP) is 0.521. The molecule has 0 amide bonds. The maximum Gasteiger partial charge on any atom is 0.258 e. The van der Waals surface area contributed by atoms with Gasteiger partial charge in [-0.1, -0.05) is 12.5 Å². The normalized spacial score (nSPS) is 25.0. The van der Waals surface area contributed by atoms with Gasteiger partial charge in [-0.3, -0.25) is 0 Å². The van der Waals surface area contributed by atoms with Crippen LogP contribution in [0.15, 0.2) is 29.4 Å². The van der Waals surface area contributed by atoms with E-state index in [9.17, 15) is 13.5 Å². The van der Waals surface area contributed by atoms with Crippen molar-refractivity contribution in [3.8, 4) is 0 Å². The third-order valence-corrected chi connectivity index (χ3v) is 4.41. The zero-order valence-corrected chi connectivity index (χ0v) is 10.2. The number of aliphatic hydroxyl groups is 1. The Morgan fingerprint density at radius 3 is 2.82 bits per heavy atom. The first-order valence-corrected chi connectivity index (χ1v) is 7.17. The first kappa shape index (κ1) is 12.5. The van der Waals surface area contributed by atoms with Gasteiger partial charge in [-0.25, -0.2) is 18.1 Å². The highest BCUT2D eigenvalue weighted by Crippen LogP contribution is 2.25. The molecule has 94 valence electrons. The van der Waals surface area contributed by atoms with Crippen LogP contribution < -0.4 is 4.72 Å². The van der Waals surface area contributed by atoms with Gasteiger partial charge in [0.05, 0.1) is 6.10 Å². The molecule has 0 aromatic carbocycles. The molecule has 1 heterocycles. The van der Waals surface area contributed by atoms with E-state index in [0.717, 1.165) is 19.3 Å². The van der Waals surface area contributed by atoms with Gasteiger partial charge in [-0.05, 0) is 30.9 Å². The fourth-order valence-corrected chi connectivity index (χ4v) is 3.09. The second-order valence-corrected chi connectivity index (χ2v) is 5.99. The molecule has 1 saturated carbocycles. The van der Waals surface area contributed by atoms with Crippen LogP contribution in [0.2, 0.25) is 0 Å². The number of nitrogens with one attached hydrogen (secondary N) is 1. The van der Waals surface area contributed by atoms with Gasteiger partial charge >= 0.3 is 0 Å². The molecular formula is C11H16N2O3S. The topological polar surface area (TPSA) is 79.3 Å². The molecule has 1 aromatic rings. The van der Waals surface area contributed by atoms with E-state index in [1.807, 2.05) is 0 Å². The molecule has 2 rings (SSSR count). The summed E-state index contributed by atoms with van der Waals surface area (Å²) in [5.74, 6) is 0.0217. The fourth-order valence-electron chi connectivity index (χ4n) is 2.05. The van der Waals surface area contributed by atoms with Gasteiger partial charge in [0.1, 0.15) is 0 Å². The highest BCUT2D eigenvalue weighted by Gasteiger charge is 2.27. The fraction of sp³-hybridized carbons (Fsp3) is 0.545. The number of nitrogens with zero attached hydrogens (tertiary/aromatic N) is 1. The zero-order valence-electron chi connectivity index (χ0n) is 9.41. The van der Waals surface area contributed by atoms with E-state index in [2.05, 4.69) is 9.71 Å². The second kappa shape index (κ2) is 5.12. The quantitative estimate of drug-likeness (QED) is 0.823. The first-order valence-electron chi connectivity index (χ1n) is 5.68. The van der Waals surface area contributed by atoms with Crippen LogP contribution >= 0.6 is 0 Å². The van der Waals surface area contributed by atoms with Crippen LogP contribution in [0, 0.1) is 5.92 Å². The minimum Gasteiger partial charge on any atom is -0.393 e. The van der Waals surface area contributed by atoms with E-state index in [-0.39, 0.29) is 23.6 Å². The Labute approximate surface area is 101 Å². The Hall–Kier alpha value is -0.980. The molecule has 1 fully saturated rings. The highest BCUT2D eigenvalue weighted by atomic mass is 32.2. The van der Waals surface area contributed by atoms with E-state index < -0.39 is 10.0 Å². The van der Waals surface area contributed by atoms with Crippen LogP contribution in [0.3, 0.4) is 0 Å². The van der Waals surface area contributed by atoms with E-state index in [1.54, 1.807) is 12.1 Å². The zero-order chi connectivity index (χ0) is 12.3. The summed E-state index contributed by atoms with van der Waals surface area (Å²) in [4.78, 5) is 3.80. The summed E-state index contributed by atoms with van der Waals surface area (Å²) in [7, 11) is -3.54. The number of hydrogen-bond donors (Lipinski definition) is 2. The van der Waals surface area contributed by atoms with E-state index in [1.165, 1.54) is 12.3 Å². The van der Waals surface area contributed by atoms with Gasteiger partial charge in [0.25, 0.3) is 10.0 Å². The van der Waals surface area contributed by atoms with Gasteiger partial charge < -0.3 is 5.11 Å². The van der Waals surface area contributed by atoms with Crippen LogP contribution in [-0.2, 0) is 10.0 Å². The SMILES string of the molecule is O=S(=O)(NCC1CCCC1O)c1ccccn1. The summed E-state index contributed by atoms with van der Waals surface area (Å²) in [5, 5.41) is 9.63. The van der Waals surface area contributed by atoms with Crippen LogP contribution in [-0.4, -0.2) is 31.2 Å². The molecule has 0 saturated heterocycles. The smallest absolute Gasteiger partial charge is 0.258 e. The number of hydrogen-bond acceptors (Lipinski definition) is 4. The minimum absolute atomic E-state index is 0.0208. The van der Waals surface area contributed by atoms with E-state index in [4.69, 9.17) is 0 Å². The van der Waals surface area contributed by atoms with Gasteiger partial charge in [0.15, 0.2) is 5.03 Å². The summed E-state index contributed by atoms with van der Waals surface area (Å²) < 4.78 is 26.2. The number of rotatable bonds is 4. The molecule has 6 heteroatoms. The Morgan fingerprint density at radius 1 is 1.41 bits per heavy atom. The number of aliphatic hydroxyl groups excluding tert-OH is 1. The van der Waals surface area contributed by atoms with E-state index in [0.29, 0.717) is 0 Å². The summed E-state index contributed by atoms with van der Waals surface area (Å²) in [5.41, 5.74) is 0. The lowest BCUT2D eigenvalue weighted by molar-refractivity contribution is 0.134. The second-order valence-electron chi connectivity index (χ2n) is 4.28. The monoisotopic (exact) mass is 256 g/mol. The standard InChI is InChI=1S/C11H16N2O3S/c14-10-5-3-4-9(10)8-13-17(15,16)11-6-1-2-7-12-11/h1-2,6-7,9-10,13-14H,3-5,8H2. The molecule has 17 heavy (non-hydrogen) atoms. The molecular weight excluding hydrogens is 240 g/mol. The molecule has 0 spiro atoms. The van der Waals surface area contributed by atoms with Crippen molar-refractivity contribution in [2.24, 2.45) is 5.92 Å². The van der Waals surface area contributed by atoms with Crippen molar-refractivity contribution in [2.45, 2.75) is 30.4 Å². The van der Waals surface area contributed by atoms with Crippen molar-refractivity contribution in [2.75, 3.05) is 6.54 Å². The van der Waals surface area contributed by atoms with Crippen molar-refractivity contribution in [1.82, 2.24) is 9.71 Å². The Bertz CT molecular complexity index is 461. The molecule has 1 aromatic heterocycles. The molecule has 0 aliphatic heterocycles. The van der Waals surface area contributed by atoms with Gasteiger partial charge in [0.2, 0.25) is 0 Å². The lowest BCUT2D eigenvalue weighted by Gasteiger charge is -2.14. The summed E-state index contributed by atoms with van der Waals surface area (Å²) in [6.07, 6.45) is 3.64. The Morgan fingerprint density at radius 2 is 2.24 bits per heavy atom. The van der Waals surface area contributed by atoms with Crippen LogP contribution in [0.25, 0.3) is 0 Å². The lowest BCUT2D eigenvalue weighted by Crippen LogP contribution is -2.32. The third-order valence-electron chi connectivity index (χ3n) is 3.07. The van der Waals surface area contributed by atoms with Gasteiger partial charge in [0, 0.05) is 12.7 Å². The maximum atomic E-state index is 11.8. The maximum absolute atomic E-state index is 11.8. The molecule has 2 N–H and O–H groups in total. The Balaban J connectivity index is 1.99. The van der Waals surface area contributed by atoms with Crippen molar-refractivity contribution >= 4 is 10.0 Å². The van der Waals surface area contributed by atoms with Crippen molar-refractivity contribution in [1.29, 1.82) is 0 Å². The van der Waals surface area contributed by atoms with Gasteiger partial charge in [-0.15, -0.1) is 0 Å². The third kappa shape index (κ3) is 3.02. The average Bonchev–Trinajstić information content (AvgIpc) is 2.74. The van der Waals surface area contributed by atoms with Crippen LogP contribution in [0.1, 0.15) is 19.3 Å². The number of aromatic nitrogens is 1. The lowest BCUT2D eigenvalue weighted by atomic mass is 10.1. The molecule has 0 bridgehead atoms. The largest absolute Gasteiger partial charge is 0.393 e.